The molecule has 4 heteroatoms. The van der Waals surface area contributed by atoms with E-state index in [1.165, 1.54) is 6.20 Å². The molecule has 1 aromatic rings. The Morgan fingerprint density at radius 3 is 3.12 bits per heavy atom. The van der Waals surface area contributed by atoms with Crippen LogP contribution in [0.15, 0.2) is 6.20 Å². The van der Waals surface area contributed by atoms with Crippen molar-refractivity contribution < 1.29 is 9.53 Å². The van der Waals surface area contributed by atoms with Crippen LogP contribution < -0.4 is 0 Å². The lowest BCUT2D eigenvalue weighted by Gasteiger charge is -2.22. The Hall–Kier alpha value is -1.09. The number of fused-ring (bicyclic) bond motifs is 1. The third-order valence-corrected chi connectivity index (χ3v) is 3.55. The molecular formula is C13H16ClNO2. The quantitative estimate of drug-likeness (QED) is 0.761. The van der Waals surface area contributed by atoms with Gasteiger partial charge in [-0.1, -0.05) is 18.5 Å². The summed E-state index contributed by atoms with van der Waals surface area (Å²) in [6, 6.07) is 0. The Kier molecular flexibility index (Phi) is 3.67. The molecule has 0 aromatic carbocycles. The summed E-state index contributed by atoms with van der Waals surface area (Å²) in [6.45, 7) is 4.32. The molecule has 0 fully saturated rings. The molecule has 0 bridgehead atoms. The molecule has 0 N–H and O–H groups in total. The Morgan fingerprint density at radius 1 is 1.65 bits per heavy atom. The molecule has 1 aromatic heterocycles. The second-order valence-electron chi connectivity index (χ2n) is 4.48. The lowest BCUT2D eigenvalue weighted by molar-refractivity contribution is 0.0526. The first-order valence-corrected chi connectivity index (χ1v) is 6.34. The van der Waals surface area contributed by atoms with Crippen LogP contribution in [0.2, 0.25) is 5.02 Å². The number of aromatic nitrogens is 1. The van der Waals surface area contributed by atoms with Gasteiger partial charge in [0.25, 0.3) is 0 Å². The number of carbonyl (C=O) groups excluding carboxylic acids is 1. The molecule has 0 aliphatic heterocycles. The second kappa shape index (κ2) is 5.05. The topological polar surface area (TPSA) is 39.2 Å². The van der Waals surface area contributed by atoms with E-state index >= 15 is 0 Å². The average Bonchev–Trinajstić information content (AvgIpc) is 2.30. The molecule has 0 radical (unpaired) electrons. The number of esters is 1. The maximum atomic E-state index is 11.7. The van der Waals surface area contributed by atoms with Crippen LogP contribution in [-0.2, 0) is 17.6 Å². The first kappa shape index (κ1) is 12.4. The van der Waals surface area contributed by atoms with Crippen molar-refractivity contribution >= 4 is 17.6 Å². The zero-order valence-electron chi connectivity index (χ0n) is 10.1. The number of hydrogen-bond acceptors (Lipinski definition) is 3. The summed E-state index contributed by atoms with van der Waals surface area (Å²) in [5.41, 5.74) is 2.44. The largest absolute Gasteiger partial charge is 0.462 e. The standard InChI is InChI=1S/C13H16ClNO2/c1-3-17-13(16)10-7-15-11-5-4-8(2)6-9(11)12(10)14/h7-8H,3-6H2,1-2H3. The highest BCUT2D eigenvalue weighted by Crippen LogP contribution is 2.31. The number of rotatable bonds is 2. The summed E-state index contributed by atoms with van der Waals surface area (Å²) in [7, 11) is 0. The summed E-state index contributed by atoms with van der Waals surface area (Å²) in [5.74, 6) is 0.213. The summed E-state index contributed by atoms with van der Waals surface area (Å²) >= 11 is 6.28. The molecule has 1 heterocycles. The van der Waals surface area contributed by atoms with Gasteiger partial charge < -0.3 is 4.74 Å². The van der Waals surface area contributed by atoms with Crippen molar-refractivity contribution in [3.05, 3.63) is 28.0 Å². The van der Waals surface area contributed by atoms with Crippen molar-refractivity contribution in [1.29, 1.82) is 0 Å². The van der Waals surface area contributed by atoms with E-state index in [4.69, 9.17) is 16.3 Å². The van der Waals surface area contributed by atoms with Crippen LogP contribution in [0.4, 0.5) is 0 Å². The Balaban J connectivity index is 2.38. The molecule has 17 heavy (non-hydrogen) atoms. The van der Waals surface area contributed by atoms with Crippen molar-refractivity contribution in [1.82, 2.24) is 4.98 Å². The molecule has 0 amide bonds. The lowest BCUT2D eigenvalue weighted by atomic mass is 9.87. The molecule has 2 rings (SSSR count). The van der Waals surface area contributed by atoms with Crippen molar-refractivity contribution in [2.75, 3.05) is 6.61 Å². The summed E-state index contributed by atoms with van der Waals surface area (Å²) in [4.78, 5) is 16.0. The van der Waals surface area contributed by atoms with Crippen LogP contribution in [0.1, 0.15) is 41.9 Å². The van der Waals surface area contributed by atoms with Gasteiger partial charge >= 0.3 is 5.97 Å². The van der Waals surface area contributed by atoms with Crippen molar-refractivity contribution in [2.45, 2.75) is 33.1 Å². The molecule has 92 valence electrons. The number of carbonyl (C=O) groups is 1. The summed E-state index contributed by atoms with van der Waals surface area (Å²) in [6.07, 6.45) is 4.51. The Morgan fingerprint density at radius 2 is 2.41 bits per heavy atom. The van der Waals surface area contributed by atoms with Gasteiger partial charge in [0.05, 0.1) is 17.2 Å². The van der Waals surface area contributed by atoms with E-state index in [0.29, 0.717) is 23.1 Å². The predicted octanol–water partition coefficient (Wildman–Crippen LogP) is 3.04. The highest BCUT2D eigenvalue weighted by molar-refractivity contribution is 6.34. The first-order chi connectivity index (χ1) is 8.13. The van der Waals surface area contributed by atoms with Gasteiger partial charge in [-0.2, -0.15) is 0 Å². The fraction of sp³-hybridized carbons (Fsp3) is 0.538. The van der Waals surface area contributed by atoms with Gasteiger partial charge in [-0.15, -0.1) is 0 Å². The lowest BCUT2D eigenvalue weighted by Crippen LogP contribution is -2.16. The minimum atomic E-state index is -0.383. The number of nitrogens with zero attached hydrogens (tertiary/aromatic N) is 1. The van der Waals surface area contributed by atoms with Gasteiger partial charge in [-0.25, -0.2) is 4.79 Å². The van der Waals surface area contributed by atoms with Crippen molar-refractivity contribution in [3.8, 4) is 0 Å². The first-order valence-electron chi connectivity index (χ1n) is 5.96. The van der Waals surface area contributed by atoms with E-state index < -0.39 is 0 Å². The zero-order valence-corrected chi connectivity index (χ0v) is 10.9. The minimum Gasteiger partial charge on any atom is -0.462 e. The molecule has 1 aliphatic carbocycles. The van der Waals surface area contributed by atoms with Gasteiger partial charge in [-0.05, 0) is 37.7 Å². The van der Waals surface area contributed by atoms with Crippen LogP contribution in [0.25, 0.3) is 0 Å². The maximum absolute atomic E-state index is 11.7. The normalized spacial score (nSPS) is 18.6. The minimum absolute atomic E-state index is 0.350. The van der Waals surface area contributed by atoms with Crippen LogP contribution in [0.5, 0.6) is 0 Å². The maximum Gasteiger partial charge on any atom is 0.341 e. The number of aryl methyl sites for hydroxylation is 1. The van der Waals surface area contributed by atoms with Gasteiger partial charge in [-0.3, -0.25) is 4.98 Å². The van der Waals surface area contributed by atoms with Crippen molar-refractivity contribution in [2.24, 2.45) is 5.92 Å². The van der Waals surface area contributed by atoms with Crippen LogP contribution >= 0.6 is 11.6 Å². The van der Waals surface area contributed by atoms with Gasteiger partial charge in [0.1, 0.15) is 0 Å². The van der Waals surface area contributed by atoms with Gasteiger partial charge in [0.15, 0.2) is 0 Å². The fourth-order valence-corrected chi connectivity index (χ4v) is 2.49. The summed E-state index contributed by atoms with van der Waals surface area (Å²) in [5, 5.41) is 0.528. The highest BCUT2D eigenvalue weighted by Gasteiger charge is 2.23. The number of halogens is 1. The van der Waals surface area contributed by atoms with E-state index in [0.717, 1.165) is 30.5 Å². The average molecular weight is 254 g/mol. The Bertz CT molecular complexity index is 445. The zero-order chi connectivity index (χ0) is 12.4. The predicted molar refractivity (Wildman–Crippen MR) is 66.4 cm³/mol. The molecule has 0 saturated heterocycles. The molecule has 1 atom stereocenters. The third-order valence-electron chi connectivity index (χ3n) is 3.12. The molecule has 3 nitrogen and oxygen atoms in total. The van der Waals surface area contributed by atoms with E-state index in [9.17, 15) is 4.79 Å². The van der Waals surface area contributed by atoms with E-state index in [1.54, 1.807) is 6.92 Å². The second-order valence-corrected chi connectivity index (χ2v) is 4.86. The van der Waals surface area contributed by atoms with Crippen LogP contribution in [0, 0.1) is 5.92 Å². The molecule has 1 unspecified atom stereocenters. The number of pyridine rings is 1. The molecular weight excluding hydrogens is 238 g/mol. The molecule has 0 saturated carbocycles. The van der Waals surface area contributed by atoms with Crippen molar-refractivity contribution in [3.63, 3.8) is 0 Å². The van der Waals surface area contributed by atoms with E-state index in [1.807, 2.05) is 0 Å². The Labute approximate surface area is 106 Å². The SMILES string of the molecule is CCOC(=O)c1cnc2c(c1Cl)CC(C)CC2. The van der Waals surface area contributed by atoms with Crippen LogP contribution in [0.3, 0.4) is 0 Å². The van der Waals surface area contributed by atoms with Crippen LogP contribution in [-0.4, -0.2) is 17.6 Å². The van der Waals surface area contributed by atoms with E-state index in [2.05, 4.69) is 11.9 Å². The molecule has 1 aliphatic rings. The number of ether oxygens (including phenoxy) is 1. The fourth-order valence-electron chi connectivity index (χ4n) is 2.17. The number of hydrogen-bond donors (Lipinski definition) is 0. The highest BCUT2D eigenvalue weighted by atomic mass is 35.5. The summed E-state index contributed by atoms with van der Waals surface area (Å²) < 4.78 is 4.96. The van der Waals surface area contributed by atoms with E-state index in [-0.39, 0.29) is 5.97 Å². The monoisotopic (exact) mass is 253 g/mol. The smallest absolute Gasteiger partial charge is 0.341 e. The molecule has 0 spiro atoms. The third kappa shape index (κ3) is 2.44. The van der Waals surface area contributed by atoms with Gasteiger partial charge in [0.2, 0.25) is 0 Å². The van der Waals surface area contributed by atoms with Gasteiger partial charge in [0, 0.05) is 11.9 Å².